The molecule has 0 bridgehead atoms. The molecule has 29 heavy (non-hydrogen) atoms. The third-order valence-corrected chi connectivity index (χ3v) is 6.41. The first kappa shape index (κ1) is 21.4. The molecule has 1 aliphatic heterocycles. The van der Waals surface area contributed by atoms with E-state index in [-0.39, 0.29) is 36.8 Å². The molecule has 1 aliphatic rings. The molecule has 1 aromatic heterocycles. The number of amides is 1. The smallest absolute Gasteiger partial charge is 0.314 e. The van der Waals surface area contributed by atoms with E-state index in [0.29, 0.717) is 31.5 Å². The molecule has 1 aromatic carbocycles. The van der Waals surface area contributed by atoms with Gasteiger partial charge in [0.2, 0.25) is 0 Å². The van der Waals surface area contributed by atoms with E-state index in [1.807, 2.05) is 13.8 Å². The van der Waals surface area contributed by atoms with Gasteiger partial charge in [0, 0.05) is 24.4 Å². The number of ether oxygens (including phenoxy) is 1. The Hall–Kier alpha value is -2.28. The van der Waals surface area contributed by atoms with Crippen LogP contribution in [0.1, 0.15) is 60.6 Å². The Balaban J connectivity index is 1.85. The van der Waals surface area contributed by atoms with Crippen molar-refractivity contribution < 1.29 is 18.7 Å². The van der Waals surface area contributed by atoms with Crippen LogP contribution < -0.4 is 0 Å². The highest BCUT2D eigenvalue weighted by Crippen LogP contribution is 2.36. The van der Waals surface area contributed by atoms with E-state index in [4.69, 9.17) is 4.74 Å². The predicted molar refractivity (Wildman–Crippen MR) is 111 cm³/mol. The second-order valence-electron chi connectivity index (χ2n) is 7.86. The van der Waals surface area contributed by atoms with Crippen molar-refractivity contribution in [3.8, 4) is 0 Å². The summed E-state index contributed by atoms with van der Waals surface area (Å²) in [6.07, 6.45) is 1.73. The molecule has 1 fully saturated rings. The Morgan fingerprint density at radius 1 is 1.31 bits per heavy atom. The predicted octanol–water partition coefficient (Wildman–Crippen LogP) is 4.43. The number of halogens is 1. The lowest BCUT2D eigenvalue weighted by Crippen LogP contribution is -2.51. The first-order chi connectivity index (χ1) is 13.8. The lowest BCUT2D eigenvalue weighted by molar-refractivity contribution is -0.158. The van der Waals surface area contributed by atoms with Crippen molar-refractivity contribution in [2.24, 2.45) is 5.41 Å². The number of carbonyl (C=O) groups excluding carboxylic acids is 2. The molecule has 156 valence electrons. The first-order valence-corrected chi connectivity index (χ1v) is 10.9. The summed E-state index contributed by atoms with van der Waals surface area (Å²) in [4.78, 5) is 32.2. The number of piperidine rings is 1. The van der Waals surface area contributed by atoms with Crippen LogP contribution in [0.2, 0.25) is 0 Å². The number of likely N-dealkylation sites (tertiary alicyclic amines) is 1. The summed E-state index contributed by atoms with van der Waals surface area (Å²) in [5, 5.41) is 2.71. The van der Waals surface area contributed by atoms with E-state index in [0.717, 1.165) is 10.6 Å². The number of hydrogen-bond acceptors (Lipinski definition) is 5. The fraction of sp³-hybridized carbons (Fsp3) is 0.500. The highest BCUT2D eigenvalue weighted by Gasteiger charge is 2.45. The maximum absolute atomic E-state index is 13.3. The third-order valence-electron chi connectivity index (χ3n) is 5.26. The maximum atomic E-state index is 13.3. The van der Waals surface area contributed by atoms with E-state index in [9.17, 15) is 14.0 Å². The number of rotatable bonds is 6. The Bertz CT molecular complexity index is 865. The number of carbonyl (C=O) groups is 2. The molecule has 2 heterocycles. The highest BCUT2D eigenvalue weighted by atomic mass is 32.1. The SMILES string of the molecule is CCOC(=O)[C@@]1(Cc2ccc(F)cc2)CCCN(C(=O)c2csc(C(C)C)n2)C1. The Labute approximate surface area is 174 Å². The van der Waals surface area contributed by atoms with Gasteiger partial charge in [-0.05, 0) is 43.9 Å². The molecule has 2 aromatic rings. The molecule has 0 unspecified atom stereocenters. The summed E-state index contributed by atoms with van der Waals surface area (Å²) in [5.74, 6) is -0.507. The van der Waals surface area contributed by atoms with E-state index < -0.39 is 5.41 Å². The molecule has 7 heteroatoms. The monoisotopic (exact) mass is 418 g/mol. The van der Waals surface area contributed by atoms with Crippen molar-refractivity contribution in [2.75, 3.05) is 19.7 Å². The quantitative estimate of drug-likeness (QED) is 0.651. The summed E-state index contributed by atoms with van der Waals surface area (Å²) in [5.41, 5.74) is 0.447. The largest absolute Gasteiger partial charge is 0.466 e. The second-order valence-corrected chi connectivity index (χ2v) is 8.75. The van der Waals surface area contributed by atoms with Crippen LogP contribution in [0, 0.1) is 11.2 Å². The molecule has 0 saturated carbocycles. The summed E-state index contributed by atoms with van der Waals surface area (Å²) in [7, 11) is 0. The number of esters is 1. The minimum Gasteiger partial charge on any atom is -0.466 e. The Morgan fingerprint density at radius 2 is 2.03 bits per heavy atom. The Morgan fingerprint density at radius 3 is 2.66 bits per heavy atom. The average molecular weight is 419 g/mol. The zero-order chi connectivity index (χ0) is 21.0. The Kier molecular flexibility index (Phi) is 6.67. The van der Waals surface area contributed by atoms with Gasteiger partial charge in [0.05, 0.1) is 17.0 Å². The van der Waals surface area contributed by atoms with Crippen molar-refractivity contribution in [1.29, 1.82) is 0 Å². The zero-order valence-electron chi connectivity index (χ0n) is 17.1. The van der Waals surface area contributed by atoms with E-state index >= 15 is 0 Å². The van der Waals surface area contributed by atoms with Crippen LogP contribution in [0.15, 0.2) is 29.6 Å². The first-order valence-electron chi connectivity index (χ1n) is 10.0. The third kappa shape index (κ3) is 4.83. The molecular formula is C22H27FN2O3S. The van der Waals surface area contributed by atoms with Gasteiger partial charge in [-0.2, -0.15) is 0 Å². The molecular weight excluding hydrogens is 391 g/mol. The van der Waals surface area contributed by atoms with Crippen LogP contribution in [0.4, 0.5) is 4.39 Å². The normalized spacial score (nSPS) is 19.4. The summed E-state index contributed by atoms with van der Waals surface area (Å²) >= 11 is 1.48. The van der Waals surface area contributed by atoms with E-state index in [1.54, 1.807) is 29.3 Å². The fourth-order valence-corrected chi connectivity index (χ4v) is 4.59. The van der Waals surface area contributed by atoms with Gasteiger partial charge in [-0.25, -0.2) is 9.37 Å². The van der Waals surface area contributed by atoms with Gasteiger partial charge in [-0.1, -0.05) is 26.0 Å². The van der Waals surface area contributed by atoms with E-state index in [1.165, 1.54) is 23.5 Å². The lowest BCUT2D eigenvalue weighted by atomic mass is 9.75. The number of hydrogen-bond donors (Lipinski definition) is 0. The van der Waals surface area contributed by atoms with Crippen LogP contribution >= 0.6 is 11.3 Å². The molecule has 5 nitrogen and oxygen atoms in total. The van der Waals surface area contributed by atoms with Crippen molar-refractivity contribution in [1.82, 2.24) is 9.88 Å². The standard InChI is InChI=1S/C22H27FN2O3S/c1-4-28-21(27)22(12-16-6-8-17(23)9-7-16)10-5-11-25(14-22)20(26)18-13-29-19(24-18)15(2)3/h6-9,13,15H,4-5,10-12,14H2,1-3H3/t22-/m1/s1. The van der Waals surface area contributed by atoms with Crippen LogP contribution in [-0.4, -0.2) is 41.5 Å². The molecule has 0 spiro atoms. The lowest BCUT2D eigenvalue weighted by Gasteiger charge is -2.41. The summed E-state index contributed by atoms with van der Waals surface area (Å²) < 4.78 is 18.7. The number of aromatic nitrogens is 1. The van der Waals surface area contributed by atoms with Crippen molar-refractivity contribution in [3.05, 3.63) is 51.7 Å². The van der Waals surface area contributed by atoms with Crippen molar-refractivity contribution >= 4 is 23.2 Å². The molecule has 0 N–H and O–H groups in total. The van der Waals surface area contributed by atoms with Gasteiger partial charge in [0.15, 0.2) is 0 Å². The molecule has 3 rings (SSSR count). The highest BCUT2D eigenvalue weighted by molar-refractivity contribution is 7.09. The topological polar surface area (TPSA) is 59.5 Å². The van der Waals surface area contributed by atoms with Crippen LogP contribution in [0.25, 0.3) is 0 Å². The van der Waals surface area contributed by atoms with E-state index in [2.05, 4.69) is 4.98 Å². The minimum atomic E-state index is -0.835. The maximum Gasteiger partial charge on any atom is 0.314 e. The fourth-order valence-electron chi connectivity index (χ4n) is 3.78. The van der Waals surface area contributed by atoms with Crippen LogP contribution in [0.5, 0.6) is 0 Å². The number of thiazole rings is 1. The molecule has 1 amide bonds. The average Bonchev–Trinajstić information content (AvgIpc) is 3.20. The molecule has 0 radical (unpaired) electrons. The minimum absolute atomic E-state index is 0.152. The van der Waals surface area contributed by atoms with Gasteiger partial charge < -0.3 is 9.64 Å². The summed E-state index contributed by atoms with van der Waals surface area (Å²) in [6, 6.07) is 6.16. The molecule has 1 atom stereocenters. The van der Waals surface area contributed by atoms with Gasteiger partial charge >= 0.3 is 5.97 Å². The van der Waals surface area contributed by atoms with Gasteiger partial charge in [-0.3, -0.25) is 9.59 Å². The van der Waals surface area contributed by atoms with Gasteiger partial charge in [-0.15, -0.1) is 11.3 Å². The second kappa shape index (κ2) is 9.03. The molecule has 0 aliphatic carbocycles. The van der Waals surface area contributed by atoms with Crippen LogP contribution in [0.3, 0.4) is 0 Å². The zero-order valence-corrected chi connectivity index (χ0v) is 17.9. The van der Waals surface area contributed by atoms with Crippen molar-refractivity contribution in [2.45, 2.75) is 46.0 Å². The summed E-state index contributed by atoms with van der Waals surface area (Å²) in [6.45, 7) is 7.00. The van der Waals surface area contributed by atoms with Gasteiger partial charge in [0.1, 0.15) is 11.5 Å². The molecule has 1 saturated heterocycles. The van der Waals surface area contributed by atoms with Gasteiger partial charge in [0.25, 0.3) is 5.91 Å². The van der Waals surface area contributed by atoms with Crippen LogP contribution in [-0.2, 0) is 16.0 Å². The number of nitrogens with zero attached hydrogens (tertiary/aromatic N) is 2. The number of benzene rings is 1. The van der Waals surface area contributed by atoms with Crippen molar-refractivity contribution in [3.63, 3.8) is 0 Å².